The monoisotopic (exact) mass is 405 g/mol. The molecule has 150 valence electrons. The summed E-state index contributed by atoms with van der Waals surface area (Å²) in [6, 6.07) is 12.9. The molecule has 0 aliphatic carbocycles. The molecule has 0 saturated carbocycles. The van der Waals surface area contributed by atoms with E-state index in [-0.39, 0.29) is 24.2 Å². The molecule has 0 bridgehead atoms. The quantitative estimate of drug-likeness (QED) is 0.653. The molecule has 0 aromatic heterocycles. The largest absolute Gasteiger partial charge is 0.482 e. The Morgan fingerprint density at radius 1 is 1.11 bits per heavy atom. The van der Waals surface area contributed by atoms with Crippen molar-refractivity contribution in [3.05, 3.63) is 42.5 Å². The van der Waals surface area contributed by atoms with E-state index in [2.05, 4.69) is 0 Å². The first-order chi connectivity index (χ1) is 13.4. The molecule has 1 aliphatic heterocycles. The van der Waals surface area contributed by atoms with E-state index in [0.717, 1.165) is 10.8 Å². The van der Waals surface area contributed by atoms with E-state index in [1.165, 1.54) is 4.90 Å². The van der Waals surface area contributed by atoms with E-state index in [1.54, 1.807) is 13.0 Å². The van der Waals surface area contributed by atoms with Gasteiger partial charge in [0.2, 0.25) is 0 Å². The number of sulfone groups is 1. The maximum absolute atomic E-state index is 12.3. The second-order valence-corrected chi connectivity index (χ2v) is 8.92. The molecule has 1 fully saturated rings. The summed E-state index contributed by atoms with van der Waals surface area (Å²) in [5, 5.41) is 2.06. The molecule has 0 unspecified atom stereocenters. The topological polar surface area (TPSA) is 90.0 Å². The fraction of sp³-hybridized carbons (Fsp3) is 0.400. The van der Waals surface area contributed by atoms with Gasteiger partial charge >= 0.3 is 5.97 Å². The Bertz CT molecular complexity index is 972. The second-order valence-electron chi connectivity index (χ2n) is 6.69. The number of fused-ring (bicyclic) bond motifs is 1. The second kappa shape index (κ2) is 8.60. The molecule has 1 amide bonds. The summed E-state index contributed by atoms with van der Waals surface area (Å²) in [7, 11) is -3.09. The lowest BCUT2D eigenvalue weighted by Gasteiger charge is -2.26. The predicted molar refractivity (Wildman–Crippen MR) is 105 cm³/mol. The van der Waals surface area contributed by atoms with Crippen molar-refractivity contribution in [1.82, 2.24) is 4.90 Å². The molecule has 0 spiro atoms. The zero-order chi connectivity index (χ0) is 20.1. The van der Waals surface area contributed by atoms with Crippen LogP contribution in [-0.2, 0) is 24.2 Å². The summed E-state index contributed by atoms with van der Waals surface area (Å²) in [6.45, 7) is 1.40. The van der Waals surface area contributed by atoms with Crippen molar-refractivity contribution in [2.75, 3.05) is 31.3 Å². The van der Waals surface area contributed by atoms with E-state index in [9.17, 15) is 18.0 Å². The van der Waals surface area contributed by atoms with Crippen molar-refractivity contribution in [1.29, 1.82) is 0 Å². The fourth-order valence-corrected chi connectivity index (χ4v) is 5.06. The molecule has 3 rings (SSSR count). The lowest BCUT2D eigenvalue weighted by Crippen LogP contribution is -2.43. The van der Waals surface area contributed by atoms with Gasteiger partial charge in [-0.3, -0.25) is 4.79 Å². The van der Waals surface area contributed by atoms with Crippen LogP contribution in [0.3, 0.4) is 0 Å². The molecule has 0 N–H and O–H groups in total. The lowest BCUT2D eigenvalue weighted by molar-refractivity contribution is -0.154. The van der Waals surface area contributed by atoms with Crippen LogP contribution in [-0.4, -0.2) is 62.5 Å². The van der Waals surface area contributed by atoms with Gasteiger partial charge in [0.15, 0.2) is 23.1 Å². The number of benzene rings is 2. The highest BCUT2D eigenvalue weighted by Crippen LogP contribution is 2.20. The van der Waals surface area contributed by atoms with Gasteiger partial charge in [0.25, 0.3) is 5.91 Å². The van der Waals surface area contributed by atoms with Crippen molar-refractivity contribution in [3.8, 4) is 5.75 Å². The molecule has 1 saturated heterocycles. The minimum Gasteiger partial charge on any atom is -0.482 e. The van der Waals surface area contributed by atoms with Gasteiger partial charge in [-0.05, 0) is 36.2 Å². The highest BCUT2D eigenvalue weighted by Gasteiger charge is 2.34. The smallest absolute Gasteiger partial charge is 0.344 e. The normalized spacial score (nSPS) is 18.0. The molecular weight excluding hydrogens is 382 g/mol. The zero-order valence-electron chi connectivity index (χ0n) is 15.7. The zero-order valence-corrected chi connectivity index (χ0v) is 16.5. The Kier molecular flexibility index (Phi) is 6.18. The van der Waals surface area contributed by atoms with Gasteiger partial charge in [-0.15, -0.1) is 0 Å². The van der Waals surface area contributed by atoms with Crippen LogP contribution in [0.1, 0.15) is 13.3 Å². The number of hydrogen-bond acceptors (Lipinski definition) is 6. The molecular formula is C20H23NO6S. The minimum absolute atomic E-state index is 0.0361. The fourth-order valence-electron chi connectivity index (χ4n) is 3.33. The first-order valence-corrected chi connectivity index (χ1v) is 11.0. The summed E-state index contributed by atoms with van der Waals surface area (Å²) in [6.07, 6.45) is 0.418. The summed E-state index contributed by atoms with van der Waals surface area (Å²) in [5.41, 5.74) is 0. The highest BCUT2D eigenvalue weighted by molar-refractivity contribution is 7.91. The molecule has 1 atom stereocenters. The number of carbonyl (C=O) groups is 2. The van der Waals surface area contributed by atoms with Gasteiger partial charge in [-0.2, -0.15) is 0 Å². The van der Waals surface area contributed by atoms with E-state index in [4.69, 9.17) is 9.47 Å². The van der Waals surface area contributed by atoms with Crippen LogP contribution in [0.2, 0.25) is 0 Å². The number of ether oxygens (including phenoxy) is 2. The Hall–Kier alpha value is -2.61. The van der Waals surface area contributed by atoms with E-state index < -0.39 is 28.3 Å². The van der Waals surface area contributed by atoms with Crippen molar-refractivity contribution in [2.45, 2.75) is 19.4 Å². The Morgan fingerprint density at radius 3 is 2.54 bits per heavy atom. The molecule has 1 heterocycles. The number of amides is 1. The summed E-state index contributed by atoms with van der Waals surface area (Å²) >= 11 is 0. The summed E-state index contributed by atoms with van der Waals surface area (Å²) in [5.74, 6) is -0.472. The minimum atomic E-state index is -3.09. The molecule has 2 aromatic rings. The van der Waals surface area contributed by atoms with Crippen LogP contribution in [0.15, 0.2) is 42.5 Å². The van der Waals surface area contributed by atoms with Gasteiger partial charge < -0.3 is 14.4 Å². The maximum Gasteiger partial charge on any atom is 0.344 e. The van der Waals surface area contributed by atoms with E-state index >= 15 is 0 Å². The Labute approximate surface area is 164 Å². The Morgan fingerprint density at radius 2 is 1.86 bits per heavy atom. The maximum atomic E-state index is 12.3. The van der Waals surface area contributed by atoms with Crippen LogP contribution in [0.4, 0.5) is 0 Å². The number of nitrogens with zero attached hydrogens (tertiary/aromatic N) is 1. The molecule has 2 aromatic carbocycles. The highest BCUT2D eigenvalue weighted by atomic mass is 32.2. The third-order valence-electron chi connectivity index (χ3n) is 4.74. The summed E-state index contributed by atoms with van der Waals surface area (Å²) in [4.78, 5) is 25.7. The SMILES string of the molecule is CCN(C(=O)COC(=O)COc1ccc2ccccc2c1)[C@H]1CCS(=O)(=O)C1. The van der Waals surface area contributed by atoms with Crippen molar-refractivity contribution < 1.29 is 27.5 Å². The van der Waals surface area contributed by atoms with E-state index in [1.807, 2.05) is 36.4 Å². The van der Waals surface area contributed by atoms with Crippen LogP contribution in [0, 0.1) is 0 Å². The average Bonchev–Trinajstić information content (AvgIpc) is 3.04. The molecule has 0 radical (unpaired) electrons. The van der Waals surface area contributed by atoms with Crippen molar-refractivity contribution >= 4 is 32.5 Å². The molecule has 28 heavy (non-hydrogen) atoms. The van der Waals surface area contributed by atoms with Crippen LogP contribution >= 0.6 is 0 Å². The van der Waals surface area contributed by atoms with Gasteiger partial charge in [-0.1, -0.05) is 30.3 Å². The third-order valence-corrected chi connectivity index (χ3v) is 6.49. The van der Waals surface area contributed by atoms with Crippen LogP contribution in [0.5, 0.6) is 5.75 Å². The number of carbonyl (C=O) groups excluding carboxylic acids is 2. The number of rotatable bonds is 7. The molecule has 1 aliphatic rings. The van der Waals surface area contributed by atoms with Gasteiger partial charge in [0.05, 0.1) is 11.5 Å². The van der Waals surface area contributed by atoms with E-state index in [0.29, 0.717) is 18.7 Å². The number of hydrogen-bond donors (Lipinski definition) is 0. The van der Waals surface area contributed by atoms with Crippen molar-refractivity contribution in [3.63, 3.8) is 0 Å². The first kappa shape index (κ1) is 20.1. The van der Waals surface area contributed by atoms with Gasteiger partial charge in [-0.25, -0.2) is 13.2 Å². The lowest BCUT2D eigenvalue weighted by atomic mass is 10.1. The predicted octanol–water partition coefficient (Wildman–Crippen LogP) is 1.80. The molecule has 7 nitrogen and oxygen atoms in total. The average molecular weight is 405 g/mol. The van der Waals surface area contributed by atoms with Crippen molar-refractivity contribution in [2.24, 2.45) is 0 Å². The third kappa shape index (κ3) is 5.01. The number of esters is 1. The Balaban J connectivity index is 1.48. The van der Waals surface area contributed by atoms with Gasteiger partial charge in [0, 0.05) is 12.6 Å². The van der Waals surface area contributed by atoms with Crippen LogP contribution < -0.4 is 4.74 Å². The summed E-state index contributed by atoms with van der Waals surface area (Å²) < 4.78 is 33.7. The standard InChI is InChI=1S/C20H23NO6S/c1-2-21(17-9-10-28(24,25)14-17)19(22)12-27-20(23)13-26-18-8-7-15-5-3-4-6-16(15)11-18/h3-8,11,17H,2,9-10,12-14H2,1H3/t17-/m0/s1. The number of likely N-dealkylation sites (N-methyl/N-ethyl adjacent to an activating group) is 1. The first-order valence-electron chi connectivity index (χ1n) is 9.15. The molecule has 8 heteroatoms. The van der Waals surface area contributed by atoms with Crippen LogP contribution in [0.25, 0.3) is 10.8 Å². The van der Waals surface area contributed by atoms with Gasteiger partial charge in [0.1, 0.15) is 5.75 Å².